The van der Waals surface area contributed by atoms with Gasteiger partial charge >= 0.3 is 0 Å². The van der Waals surface area contributed by atoms with Crippen molar-refractivity contribution in [3.63, 3.8) is 0 Å². The molecule has 0 aliphatic carbocycles. The van der Waals surface area contributed by atoms with Crippen LogP contribution in [0.25, 0.3) is 0 Å². The van der Waals surface area contributed by atoms with E-state index in [0.29, 0.717) is 6.54 Å². The van der Waals surface area contributed by atoms with Gasteiger partial charge in [-0.25, -0.2) is 0 Å². The van der Waals surface area contributed by atoms with Crippen LogP contribution in [0.3, 0.4) is 0 Å². The van der Waals surface area contributed by atoms with E-state index in [1.807, 2.05) is 27.1 Å². The quantitative estimate of drug-likeness (QED) is 0.626. The smallest absolute Gasteiger partial charge is 0.269 e. The molecule has 1 amide bonds. The summed E-state index contributed by atoms with van der Waals surface area (Å²) in [6, 6.07) is 6.28. The van der Waals surface area contributed by atoms with E-state index in [1.54, 1.807) is 23.0 Å². The van der Waals surface area contributed by atoms with Crippen LogP contribution in [-0.2, 0) is 17.4 Å². The summed E-state index contributed by atoms with van der Waals surface area (Å²) >= 11 is 0. The topological polar surface area (TPSA) is 102 Å². The van der Waals surface area contributed by atoms with Crippen LogP contribution in [-0.4, -0.2) is 33.7 Å². The van der Waals surface area contributed by atoms with Crippen LogP contribution in [0.4, 0.5) is 5.69 Å². The standard InChI is InChI=1S/C18H23N5O3/c1-18(2,13-4-6-14(7-5-13)23(25)26)21-17(24)16-10-19-9-15(16)12-8-20-22(3)11-12/h4-8,11,15-16,19H,9-10H2,1-3H3,(H,21,24)/t15-,16+/m1/s1. The minimum absolute atomic E-state index is 0.0347. The molecule has 138 valence electrons. The number of nitro benzene ring substituents is 1. The van der Waals surface area contributed by atoms with Gasteiger partial charge < -0.3 is 10.6 Å². The van der Waals surface area contributed by atoms with Gasteiger partial charge in [-0.05, 0) is 37.1 Å². The first kappa shape index (κ1) is 18.1. The second kappa shape index (κ2) is 6.87. The molecule has 1 aromatic carbocycles. The predicted octanol–water partition coefficient (Wildman–Crippen LogP) is 1.68. The molecule has 0 spiro atoms. The Bertz CT molecular complexity index is 812. The summed E-state index contributed by atoms with van der Waals surface area (Å²) in [5, 5.41) is 21.4. The zero-order chi connectivity index (χ0) is 18.9. The van der Waals surface area contributed by atoms with Gasteiger partial charge in [-0.15, -0.1) is 0 Å². The van der Waals surface area contributed by atoms with Gasteiger partial charge in [-0.2, -0.15) is 5.10 Å². The monoisotopic (exact) mass is 357 g/mol. The second-order valence-electron chi connectivity index (χ2n) is 7.24. The SMILES string of the molecule is Cn1cc([C@H]2CNC[C@@H]2C(=O)NC(C)(C)c2ccc([N+](=O)[O-])cc2)cn1. The Hall–Kier alpha value is -2.74. The van der Waals surface area contributed by atoms with Crippen molar-refractivity contribution in [3.05, 3.63) is 57.9 Å². The number of amides is 1. The molecule has 2 heterocycles. The van der Waals surface area contributed by atoms with Crippen LogP contribution in [0, 0.1) is 16.0 Å². The second-order valence-corrected chi connectivity index (χ2v) is 7.24. The molecule has 1 saturated heterocycles. The fourth-order valence-electron chi connectivity index (χ4n) is 3.41. The number of aryl methyl sites for hydroxylation is 1. The Morgan fingerprint density at radius 1 is 1.35 bits per heavy atom. The van der Waals surface area contributed by atoms with Crippen molar-refractivity contribution in [3.8, 4) is 0 Å². The van der Waals surface area contributed by atoms with E-state index < -0.39 is 10.5 Å². The highest BCUT2D eigenvalue weighted by molar-refractivity contribution is 5.81. The third-order valence-electron chi connectivity index (χ3n) is 4.94. The van der Waals surface area contributed by atoms with Gasteiger partial charge in [-0.3, -0.25) is 19.6 Å². The number of aromatic nitrogens is 2. The Morgan fingerprint density at radius 2 is 2.04 bits per heavy atom. The zero-order valence-electron chi connectivity index (χ0n) is 15.1. The number of non-ortho nitro benzene ring substituents is 1. The highest BCUT2D eigenvalue weighted by atomic mass is 16.6. The molecule has 0 radical (unpaired) electrons. The van der Waals surface area contributed by atoms with Crippen LogP contribution in [0.1, 0.15) is 30.9 Å². The van der Waals surface area contributed by atoms with Gasteiger partial charge in [0.25, 0.3) is 5.69 Å². The number of carbonyl (C=O) groups is 1. The lowest BCUT2D eigenvalue weighted by Crippen LogP contribution is -2.45. The molecule has 3 rings (SSSR count). The summed E-state index contributed by atoms with van der Waals surface area (Å²) in [5.74, 6) is -0.139. The minimum atomic E-state index is -0.631. The van der Waals surface area contributed by atoms with Crippen molar-refractivity contribution in [2.45, 2.75) is 25.3 Å². The van der Waals surface area contributed by atoms with Crippen LogP contribution in [0.5, 0.6) is 0 Å². The predicted molar refractivity (Wildman–Crippen MR) is 96.6 cm³/mol. The van der Waals surface area contributed by atoms with E-state index in [-0.39, 0.29) is 23.4 Å². The molecular formula is C18H23N5O3. The van der Waals surface area contributed by atoms with Crippen molar-refractivity contribution < 1.29 is 9.72 Å². The third kappa shape index (κ3) is 3.60. The Labute approximate surface area is 151 Å². The van der Waals surface area contributed by atoms with Crippen LogP contribution < -0.4 is 10.6 Å². The molecule has 0 saturated carbocycles. The number of carbonyl (C=O) groups excluding carboxylic acids is 1. The molecule has 1 aliphatic rings. The number of nitrogens with one attached hydrogen (secondary N) is 2. The number of nitro groups is 1. The minimum Gasteiger partial charge on any atom is -0.347 e. The fraction of sp³-hybridized carbons (Fsp3) is 0.444. The van der Waals surface area contributed by atoms with E-state index >= 15 is 0 Å². The van der Waals surface area contributed by atoms with Gasteiger partial charge in [0.2, 0.25) is 5.91 Å². The molecule has 0 bridgehead atoms. The molecule has 0 unspecified atom stereocenters. The lowest BCUT2D eigenvalue weighted by Gasteiger charge is -2.29. The number of benzene rings is 1. The maximum Gasteiger partial charge on any atom is 0.269 e. The van der Waals surface area contributed by atoms with Crippen molar-refractivity contribution >= 4 is 11.6 Å². The lowest BCUT2D eigenvalue weighted by atomic mass is 9.88. The number of rotatable bonds is 5. The van der Waals surface area contributed by atoms with Gasteiger partial charge in [0.15, 0.2) is 0 Å². The van der Waals surface area contributed by atoms with E-state index in [4.69, 9.17) is 0 Å². The molecule has 8 nitrogen and oxygen atoms in total. The van der Waals surface area contributed by atoms with Crippen LogP contribution in [0.2, 0.25) is 0 Å². The summed E-state index contributed by atoms with van der Waals surface area (Å²) < 4.78 is 1.74. The summed E-state index contributed by atoms with van der Waals surface area (Å²) in [7, 11) is 1.86. The third-order valence-corrected chi connectivity index (χ3v) is 4.94. The average Bonchev–Trinajstić information content (AvgIpc) is 3.23. The fourth-order valence-corrected chi connectivity index (χ4v) is 3.41. The maximum absolute atomic E-state index is 12.9. The van der Waals surface area contributed by atoms with Gasteiger partial charge in [-0.1, -0.05) is 0 Å². The van der Waals surface area contributed by atoms with Crippen molar-refractivity contribution in [2.24, 2.45) is 13.0 Å². The number of hydrogen-bond acceptors (Lipinski definition) is 5. The van der Waals surface area contributed by atoms with E-state index in [0.717, 1.165) is 17.7 Å². The summed E-state index contributed by atoms with van der Waals surface area (Å²) in [5.41, 5.74) is 1.27. The molecule has 2 aromatic rings. The first-order chi connectivity index (χ1) is 12.3. The van der Waals surface area contributed by atoms with Crippen LogP contribution in [0.15, 0.2) is 36.7 Å². The number of nitrogens with zero attached hydrogens (tertiary/aromatic N) is 3. The molecule has 1 fully saturated rings. The van der Waals surface area contributed by atoms with Gasteiger partial charge in [0, 0.05) is 44.4 Å². The Morgan fingerprint density at radius 3 is 2.62 bits per heavy atom. The summed E-state index contributed by atoms with van der Waals surface area (Å²) in [4.78, 5) is 23.3. The summed E-state index contributed by atoms with van der Waals surface area (Å²) in [6.45, 7) is 5.14. The Kier molecular flexibility index (Phi) is 4.78. The molecule has 2 N–H and O–H groups in total. The normalized spacial score (nSPS) is 20.1. The first-order valence-electron chi connectivity index (χ1n) is 8.54. The highest BCUT2D eigenvalue weighted by Gasteiger charge is 2.37. The molecule has 26 heavy (non-hydrogen) atoms. The summed E-state index contributed by atoms with van der Waals surface area (Å²) in [6.07, 6.45) is 3.75. The van der Waals surface area contributed by atoms with E-state index in [1.165, 1.54) is 12.1 Å². The van der Waals surface area contributed by atoms with Crippen molar-refractivity contribution in [1.29, 1.82) is 0 Å². The van der Waals surface area contributed by atoms with E-state index in [2.05, 4.69) is 15.7 Å². The van der Waals surface area contributed by atoms with Gasteiger partial charge in [0.1, 0.15) is 0 Å². The first-order valence-corrected chi connectivity index (χ1v) is 8.54. The number of hydrogen-bond donors (Lipinski definition) is 2. The van der Waals surface area contributed by atoms with E-state index in [9.17, 15) is 14.9 Å². The molecule has 8 heteroatoms. The zero-order valence-corrected chi connectivity index (χ0v) is 15.1. The van der Waals surface area contributed by atoms with Crippen molar-refractivity contribution in [2.75, 3.05) is 13.1 Å². The lowest BCUT2D eigenvalue weighted by molar-refractivity contribution is -0.384. The molecular weight excluding hydrogens is 334 g/mol. The average molecular weight is 357 g/mol. The van der Waals surface area contributed by atoms with Crippen molar-refractivity contribution in [1.82, 2.24) is 20.4 Å². The maximum atomic E-state index is 12.9. The van der Waals surface area contributed by atoms with Crippen LogP contribution >= 0.6 is 0 Å². The van der Waals surface area contributed by atoms with Gasteiger partial charge in [0.05, 0.1) is 22.6 Å². The Balaban J connectivity index is 1.74. The molecule has 1 aromatic heterocycles. The largest absolute Gasteiger partial charge is 0.347 e. The molecule has 1 aliphatic heterocycles. The highest BCUT2D eigenvalue weighted by Crippen LogP contribution is 2.30. The molecule has 2 atom stereocenters.